The molecule has 1 unspecified atom stereocenters. The van der Waals surface area contributed by atoms with Crippen LogP contribution in [0.4, 0.5) is 5.95 Å². The molecule has 0 radical (unpaired) electrons. The molecule has 0 saturated carbocycles. The van der Waals surface area contributed by atoms with Crippen molar-refractivity contribution >= 4 is 17.7 Å². The van der Waals surface area contributed by atoms with Crippen LogP contribution in [-0.4, -0.2) is 34.2 Å². The van der Waals surface area contributed by atoms with Crippen LogP contribution in [0.5, 0.6) is 5.75 Å². The van der Waals surface area contributed by atoms with Gasteiger partial charge in [-0.05, 0) is 30.8 Å². The molecule has 0 spiro atoms. The van der Waals surface area contributed by atoms with Crippen LogP contribution in [0.2, 0.25) is 0 Å². The zero-order chi connectivity index (χ0) is 19.2. The zero-order valence-corrected chi connectivity index (χ0v) is 17.1. The zero-order valence-electron chi connectivity index (χ0n) is 16.2. The number of aromatic amines is 1. The van der Waals surface area contributed by atoms with Gasteiger partial charge >= 0.3 is 0 Å². The number of benzene rings is 1. The first-order valence-corrected chi connectivity index (χ1v) is 10.7. The smallest absolute Gasteiger partial charge is 0.256 e. The molecule has 0 saturated heterocycles. The van der Waals surface area contributed by atoms with Crippen LogP contribution >= 0.6 is 11.8 Å². The average Bonchev–Trinajstić information content (AvgIpc) is 3.15. The second kappa shape index (κ2) is 9.28. The maximum atomic E-state index is 12.2. The van der Waals surface area contributed by atoms with Gasteiger partial charge in [-0.3, -0.25) is 14.7 Å². The fourth-order valence-electron chi connectivity index (χ4n) is 3.08. The number of anilines is 1. The molecule has 7 heteroatoms. The monoisotopic (exact) mass is 388 g/mol. The first-order valence-electron chi connectivity index (χ1n) is 9.57. The van der Waals surface area contributed by atoms with Gasteiger partial charge in [0, 0.05) is 30.0 Å². The van der Waals surface area contributed by atoms with Gasteiger partial charge in [0.2, 0.25) is 5.95 Å². The molecule has 0 amide bonds. The van der Waals surface area contributed by atoms with E-state index in [2.05, 4.69) is 46.2 Å². The topological polar surface area (TPSA) is 70.2 Å². The number of nitrogens with zero attached hydrogens (tertiary/aromatic N) is 2. The van der Waals surface area contributed by atoms with Crippen LogP contribution in [0.15, 0.2) is 29.1 Å². The van der Waals surface area contributed by atoms with Crippen molar-refractivity contribution in [3.05, 3.63) is 51.4 Å². The number of nitrogens with one attached hydrogen (secondary N) is 2. The van der Waals surface area contributed by atoms with Gasteiger partial charge in [0.15, 0.2) is 6.23 Å². The van der Waals surface area contributed by atoms with E-state index in [0.717, 1.165) is 54.6 Å². The summed E-state index contributed by atoms with van der Waals surface area (Å²) in [6.45, 7) is 9.34. The summed E-state index contributed by atoms with van der Waals surface area (Å²) in [5, 5.41) is 3.22. The van der Waals surface area contributed by atoms with E-state index in [1.165, 1.54) is 5.56 Å². The lowest BCUT2D eigenvalue weighted by Crippen LogP contribution is -2.29. The lowest BCUT2D eigenvalue weighted by molar-refractivity contribution is 0.224. The molecule has 0 aliphatic carbocycles. The van der Waals surface area contributed by atoms with Gasteiger partial charge in [-0.25, -0.2) is 4.98 Å². The van der Waals surface area contributed by atoms with Crippen LogP contribution < -0.4 is 15.6 Å². The molecule has 0 bridgehead atoms. The first kappa shape index (κ1) is 19.8. The molecular formula is C20H28N4O2S. The highest BCUT2D eigenvalue weighted by Gasteiger charge is 2.19. The Labute approximate surface area is 164 Å². The third-order valence-corrected chi connectivity index (χ3v) is 5.70. The van der Waals surface area contributed by atoms with Crippen LogP contribution in [0.25, 0.3) is 0 Å². The van der Waals surface area contributed by atoms with E-state index in [-0.39, 0.29) is 11.8 Å². The molecule has 2 N–H and O–H groups in total. The largest absolute Gasteiger partial charge is 0.471 e. The Morgan fingerprint density at radius 3 is 2.85 bits per heavy atom. The Morgan fingerprint density at radius 1 is 1.30 bits per heavy atom. The summed E-state index contributed by atoms with van der Waals surface area (Å²) >= 11 is 1.72. The highest BCUT2D eigenvalue weighted by atomic mass is 32.2. The molecular weight excluding hydrogens is 360 g/mol. The molecule has 27 heavy (non-hydrogen) atoms. The highest BCUT2D eigenvalue weighted by Crippen LogP contribution is 2.26. The lowest BCUT2D eigenvalue weighted by atomic mass is 10.2. The summed E-state index contributed by atoms with van der Waals surface area (Å²) in [6.07, 6.45) is 0.486. The van der Waals surface area contributed by atoms with Crippen molar-refractivity contribution in [3.63, 3.8) is 0 Å². The Hall–Kier alpha value is -1.99. The lowest BCUT2D eigenvalue weighted by Gasteiger charge is -2.21. The second-order valence-electron chi connectivity index (χ2n) is 6.60. The van der Waals surface area contributed by atoms with E-state index in [1.807, 2.05) is 19.1 Å². The number of rotatable bonds is 9. The molecule has 2 aromatic rings. The minimum absolute atomic E-state index is 0.0522. The molecule has 2 heterocycles. The van der Waals surface area contributed by atoms with Gasteiger partial charge in [0.05, 0.1) is 5.69 Å². The van der Waals surface area contributed by atoms with Crippen molar-refractivity contribution < 1.29 is 4.74 Å². The van der Waals surface area contributed by atoms with Gasteiger partial charge in [-0.1, -0.05) is 32.9 Å². The Balaban J connectivity index is 1.69. The fraction of sp³-hybridized carbons (Fsp3) is 0.500. The molecule has 1 aromatic carbocycles. The fourth-order valence-corrected chi connectivity index (χ4v) is 4.12. The van der Waals surface area contributed by atoms with Gasteiger partial charge in [-0.2, -0.15) is 11.8 Å². The quantitative estimate of drug-likeness (QED) is 0.640. The first-order chi connectivity index (χ1) is 13.1. The van der Waals surface area contributed by atoms with Crippen LogP contribution in [-0.2, 0) is 18.1 Å². The highest BCUT2D eigenvalue weighted by molar-refractivity contribution is 7.98. The van der Waals surface area contributed by atoms with Gasteiger partial charge < -0.3 is 10.1 Å². The average molecular weight is 389 g/mol. The number of aromatic nitrogens is 2. The van der Waals surface area contributed by atoms with Crippen molar-refractivity contribution in [2.24, 2.45) is 0 Å². The molecule has 1 aliphatic heterocycles. The van der Waals surface area contributed by atoms with E-state index in [9.17, 15) is 4.79 Å². The van der Waals surface area contributed by atoms with Crippen LogP contribution in [0, 0.1) is 0 Å². The Kier molecular flexibility index (Phi) is 6.79. The second-order valence-corrected chi connectivity index (χ2v) is 7.59. The standard InChI is InChI=1S/C20H28N4O2S/c1-4-18(22-20-21-17-13-27-12-16(17)19(25)23-20)26-15-9-7-8-14(10-15)11-24(5-2)6-3/h7-10,18H,4-6,11-13H2,1-3H3,(H2,21,22,23,25). The summed E-state index contributed by atoms with van der Waals surface area (Å²) in [5.41, 5.74) is 2.85. The Bertz CT molecular complexity index is 820. The Morgan fingerprint density at radius 2 is 2.11 bits per heavy atom. The van der Waals surface area contributed by atoms with Crippen LogP contribution in [0.1, 0.15) is 44.0 Å². The molecule has 3 rings (SSSR count). The van der Waals surface area contributed by atoms with E-state index in [0.29, 0.717) is 5.95 Å². The van der Waals surface area contributed by atoms with Crippen molar-refractivity contribution in [1.29, 1.82) is 0 Å². The summed E-state index contributed by atoms with van der Waals surface area (Å²) < 4.78 is 6.12. The molecule has 1 atom stereocenters. The van der Waals surface area contributed by atoms with E-state index in [4.69, 9.17) is 4.74 Å². The number of hydrogen-bond donors (Lipinski definition) is 2. The van der Waals surface area contributed by atoms with E-state index >= 15 is 0 Å². The SMILES string of the molecule is CCC(Nc1nc2c(c(=O)[nH]1)CSC2)Oc1cccc(CN(CC)CC)c1. The van der Waals surface area contributed by atoms with Crippen molar-refractivity contribution in [2.45, 2.75) is 51.5 Å². The molecule has 1 aromatic heterocycles. The maximum Gasteiger partial charge on any atom is 0.256 e. The normalized spacial score (nSPS) is 14.2. The molecule has 0 fully saturated rings. The van der Waals surface area contributed by atoms with Gasteiger partial charge in [-0.15, -0.1) is 0 Å². The predicted molar refractivity (Wildman–Crippen MR) is 111 cm³/mol. The summed E-state index contributed by atoms with van der Waals surface area (Å²) in [5.74, 6) is 2.83. The number of ether oxygens (including phenoxy) is 1. The number of fused-ring (bicyclic) bond motifs is 1. The third kappa shape index (κ3) is 5.05. The third-order valence-electron chi connectivity index (χ3n) is 4.73. The van der Waals surface area contributed by atoms with E-state index < -0.39 is 0 Å². The predicted octanol–water partition coefficient (Wildman–Crippen LogP) is 3.59. The maximum absolute atomic E-state index is 12.2. The van der Waals surface area contributed by atoms with Gasteiger partial charge in [0.1, 0.15) is 5.75 Å². The van der Waals surface area contributed by atoms with Crippen molar-refractivity contribution in [3.8, 4) is 5.75 Å². The van der Waals surface area contributed by atoms with Crippen LogP contribution in [0.3, 0.4) is 0 Å². The summed E-state index contributed by atoms with van der Waals surface area (Å²) in [4.78, 5) is 21.9. The minimum Gasteiger partial charge on any atom is -0.471 e. The minimum atomic E-state index is -0.260. The molecule has 146 valence electrons. The van der Waals surface area contributed by atoms with Crippen molar-refractivity contribution in [1.82, 2.24) is 14.9 Å². The van der Waals surface area contributed by atoms with E-state index in [1.54, 1.807) is 11.8 Å². The van der Waals surface area contributed by atoms with Crippen molar-refractivity contribution in [2.75, 3.05) is 18.4 Å². The molecule has 1 aliphatic rings. The van der Waals surface area contributed by atoms with Gasteiger partial charge in [0.25, 0.3) is 5.56 Å². The number of thioether (sulfide) groups is 1. The summed E-state index contributed by atoms with van der Waals surface area (Å²) in [7, 11) is 0. The molecule has 6 nitrogen and oxygen atoms in total. The number of H-pyrrole nitrogens is 1. The number of hydrogen-bond acceptors (Lipinski definition) is 6. The summed E-state index contributed by atoms with van der Waals surface area (Å²) in [6, 6.07) is 8.19.